The number of nitrogens with one attached hydrogen (secondary N) is 1. The number of amides is 1. The first-order chi connectivity index (χ1) is 16.7. The van der Waals surface area contributed by atoms with E-state index in [2.05, 4.69) is 25.5 Å². The van der Waals surface area contributed by atoms with Crippen molar-refractivity contribution < 1.29 is 23.9 Å². The number of carbonyl (C=O) groups is 3. The summed E-state index contributed by atoms with van der Waals surface area (Å²) >= 11 is 11.5. The molecule has 0 bridgehead atoms. The number of nitrogens with zero attached hydrogens (tertiary/aromatic N) is 6. The Hall–Kier alpha value is -3.97. The van der Waals surface area contributed by atoms with Gasteiger partial charge >= 0.3 is 11.9 Å². The van der Waals surface area contributed by atoms with Gasteiger partial charge in [0.2, 0.25) is 5.91 Å². The number of aromatic nitrogens is 6. The second-order valence-corrected chi connectivity index (χ2v) is 7.42. The Kier molecular flexibility index (Phi) is 8.04. The number of anilines is 2. The van der Waals surface area contributed by atoms with E-state index in [0.717, 1.165) is 0 Å². The van der Waals surface area contributed by atoms with Crippen LogP contribution in [-0.4, -0.2) is 60.3 Å². The number of hydrogen-bond acceptors (Lipinski definition) is 10. The third-order valence-electron chi connectivity index (χ3n) is 4.18. The number of rotatable bonds is 5. The van der Waals surface area contributed by atoms with Crippen LogP contribution < -0.4 is 11.1 Å². The number of hydrogen-bond donors (Lipinski definition) is 2. The zero-order valence-electron chi connectivity index (χ0n) is 18.8. The van der Waals surface area contributed by atoms with Gasteiger partial charge in [-0.05, 0) is 26.0 Å². The highest BCUT2D eigenvalue weighted by Crippen LogP contribution is 2.22. The minimum absolute atomic E-state index is 0.0771. The molecular weight excluding hydrogens is 503 g/mol. The summed E-state index contributed by atoms with van der Waals surface area (Å²) in [6.07, 6.45) is 3.11. The fourth-order valence-corrected chi connectivity index (χ4v) is 3.15. The molecule has 0 spiro atoms. The minimum Gasteiger partial charge on any atom is -0.462 e. The molecule has 1 amide bonds. The van der Waals surface area contributed by atoms with E-state index in [4.69, 9.17) is 38.4 Å². The maximum atomic E-state index is 11.9. The molecule has 0 unspecified atom stereocenters. The van der Waals surface area contributed by atoms with Crippen molar-refractivity contribution in [1.29, 1.82) is 0 Å². The van der Waals surface area contributed by atoms with E-state index < -0.39 is 11.9 Å². The molecule has 0 aliphatic rings. The van der Waals surface area contributed by atoms with E-state index in [-0.39, 0.29) is 57.8 Å². The lowest BCUT2D eigenvalue weighted by Crippen LogP contribution is -2.12. The molecule has 4 heterocycles. The van der Waals surface area contributed by atoms with Gasteiger partial charge in [-0.25, -0.2) is 28.6 Å². The van der Waals surface area contributed by atoms with Gasteiger partial charge in [0.15, 0.2) is 22.9 Å². The molecule has 15 heteroatoms. The molecule has 0 saturated heterocycles. The molecule has 0 saturated carbocycles. The van der Waals surface area contributed by atoms with Gasteiger partial charge in [-0.3, -0.25) is 4.79 Å². The summed E-state index contributed by atoms with van der Waals surface area (Å²) in [5.41, 5.74) is 6.37. The largest absolute Gasteiger partial charge is 0.462 e. The summed E-state index contributed by atoms with van der Waals surface area (Å²) in [6.45, 7) is 5.17. The van der Waals surface area contributed by atoms with Gasteiger partial charge in [-0.1, -0.05) is 23.2 Å². The number of carbonyl (C=O) groups excluding carboxylic acids is 3. The smallest absolute Gasteiger partial charge is 0.345 e. The van der Waals surface area contributed by atoms with Crippen molar-refractivity contribution >= 4 is 64.0 Å². The Morgan fingerprint density at radius 3 is 1.91 bits per heavy atom. The molecule has 0 radical (unpaired) electrons. The van der Waals surface area contributed by atoms with Gasteiger partial charge in [-0.15, -0.1) is 10.2 Å². The fraction of sp³-hybridized carbons (Fsp3) is 0.250. The van der Waals surface area contributed by atoms with Crippen molar-refractivity contribution in [1.82, 2.24) is 29.2 Å². The lowest BCUT2D eigenvalue weighted by molar-refractivity contribution is -0.114. The quantitative estimate of drug-likeness (QED) is 0.293. The van der Waals surface area contributed by atoms with Crippen LogP contribution in [0.3, 0.4) is 0 Å². The molecule has 4 rings (SSSR count). The third kappa shape index (κ3) is 5.75. The second kappa shape index (κ2) is 11.0. The van der Waals surface area contributed by atoms with Crippen molar-refractivity contribution in [3.05, 3.63) is 46.0 Å². The Bertz CT molecular complexity index is 1420. The molecule has 0 aliphatic heterocycles. The highest BCUT2D eigenvalue weighted by molar-refractivity contribution is 6.29. The Labute approximate surface area is 208 Å². The van der Waals surface area contributed by atoms with Crippen LogP contribution in [0.5, 0.6) is 0 Å². The molecule has 0 aliphatic carbocycles. The predicted octanol–water partition coefficient (Wildman–Crippen LogP) is 2.66. The molecule has 0 atom stereocenters. The number of nitrogen functional groups attached to an aromatic ring is 1. The van der Waals surface area contributed by atoms with Gasteiger partial charge in [0.25, 0.3) is 0 Å². The van der Waals surface area contributed by atoms with E-state index in [1.165, 1.54) is 22.0 Å². The summed E-state index contributed by atoms with van der Waals surface area (Å²) in [5.74, 6) is -1.34. The van der Waals surface area contributed by atoms with Crippen LogP contribution >= 0.6 is 23.2 Å². The van der Waals surface area contributed by atoms with Crippen LogP contribution in [0.2, 0.25) is 10.3 Å². The van der Waals surface area contributed by atoms with Crippen molar-refractivity contribution in [2.45, 2.75) is 20.8 Å². The first-order valence-electron chi connectivity index (χ1n) is 10.1. The van der Waals surface area contributed by atoms with Crippen LogP contribution in [0.25, 0.3) is 11.3 Å². The zero-order chi connectivity index (χ0) is 25.7. The van der Waals surface area contributed by atoms with E-state index in [1.807, 2.05) is 0 Å². The fourth-order valence-electron chi connectivity index (χ4n) is 2.88. The Balaban J connectivity index is 0.000000198. The Morgan fingerprint density at radius 1 is 0.914 bits per heavy atom. The van der Waals surface area contributed by atoms with Crippen LogP contribution in [0.15, 0.2) is 24.5 Å². The van der Waals surface area contributed by atoms with Crippen LogP contribution in [0.4, 0.5) is 11.6 Å². The van der Waals surface area contributed by atoms with Crippen molar-refractivity contribution in [3.63, 3.8) is 0 Å². The summed E-state index contributed by atoms with van der Waals surface area (Å²) in [7, 11) is 0. The first kappa shape index (κ1) is 25.6. The average molecular weight is 523 g/mol. The summed E-state index contributed by atoms with van der Waals surface area (Å²) in [6, 6.07) is 3.07. The lowest BCUT2D eigenvalue weighted by Gasteiger charge is -2.02. The van der Waals surface area contributed by atoms with E-state index in [0.29, 0.717) is 5.65 Å². The van der Waals surface area contributed by atoms with Crippen molar-refractivity contribution in [3.8, 4) is 0 Å². The number of fused-ring (bicyclic) bond motifs is 2. The van der Waals surface area contributed by atoms with Gasteiger partial charge < -0.3 is 20.5 Å². The maximum Gasteiger partial charge on any atom is 0.345 e. The molecule has 184 valence electrons. The molecule has 4 aromatic heterocycles. The molecule has 0 fully saturated rings. The van der Waals surface area contributed by atoms with E-state index in [1.54, 1.807) is 32.3 Å². The van der Waals surface area contributed by atoms with Gasteiger partial charge in [-0.2, -0.15) is 0 Å². The summed E-state index contributed by atoms with van der Waals surface area (Å²) in [5, 5.41) is 10.9. The van der Waals surface area contributed by atoms with Crippen molar-refractivity contribution in [2.24, 2.45) is 0 Å². The van der Waals surface area contributed by atoms with Gasteiger partial charge in [0.05, 0.1) is 13.2 Å². The second-order valence-electron chi connectivity index (χ2n) is 6.64. The molecular formula is C20H20Cl2N8O5. The predicted molar refractivity (Wildman–Crippen MR) is 127 cm³/mol. The topological polar surface area (TPSA) is 168 Å². The molecule has 0 aromatic carbocycles. The monoisotopic (exact) mass is 522 g/mol. The standard InChI is InChI=1S/C11H11ClN4O3.C9H9ClN4O2/c1-3-19-11(18)8-9(13-6(2)17)15-16-5-4-7(12)14-10(8)16;1-2-16-9(15)6-7(11)13-14-4-3-5(10)12-8(6)14/h4-5H,3H2,1-2H3,(H,13,15,17);3-4H,2H2,1H3,(H2,11,13). The van der Waals surface area contributed by atoms with Crippen LogP contribution in [0, 0.1) is 0 Å². The molecule has 4 aromatic rings. The number of ether oxygens (including phenoxy) is 2. The van der Waals surface area contributed by atoms with Gasteiger partial charge in [0.1, 0.15) is 21.4 Å². The van der Waals surface area contributed by atoms with E-state index in [9.17, 15) is 14.4 Å². The first-order valence-corrected chi connectivity index (χ1v) is 10.9. The van der Waals surface area contributed by atoms with E-state index >= 15 is 0 Å². The number of esters is 2. The lowest BCUT2D eigenvalue weighted by atomic mass is 10.3. The normalized spacial score (nSPS) is 10.5. The molecule has 35 heavy (non-hydrogen) atoms. The number of halogens is 2. The van der Waals surface area contributed by atoms with Crippen LogP contribution in [-0.2, 0) is 14.3 Å². The summed E-state index contributed by atoms with van der Waals surface area (Å²) in [4.78, 5) is 42.7. The number of nitrogens with two attached hydrogens (primary N) is 1. The maximum absolute atomic E-state index is 11.9. The highest BCUT2D eigenvalue weighted by atomic mass is 35.5. The van der Waals surface area contributed by atoms with Gasteiger partial charge in [0, 0.05) is 19.3 Å². The average Bonchev–Trinajstić information content (AvgIpc) is 3.29. The molecule has 3 N–H and O–H groups in total. The zero-order valence-corrected chi connectivity index (χ0v) is 20.3. The van der Waals surface area contributed by atoms with Crippen molar-refractivity contribution in [2.75, 3.05) is 24.3 Å². The third-order valence-corrected chi connectivity index (χ3v) is 4.60. The summed E-state index contributed by atoms with van der Waals surface area (Å²) < 4.78 is 12.5. The molecule has 13 nitrogen and oxygen atoms in total. The minimum atomic E-state index is -0.615. The Morgan fingerprint density at radius 2 is 1.40 bits per heavy atom. The van der Waals surface area contributed by atoms with Crippen LogP contribution in [0.1, 0.15) is 41.5 Å². The highest BCUT2D eigenvalue weighted by Gasteiger charge is 2.23. The SMILES string of the molecule is CCOC(=O)c1c(N)nn2ccc(Cl)nc12.CCOC(=O)c1c(NC(C)=O)nn2ccc(Cl)nc12.